The van der Waals surface area contributed by atoms with Crippen molar-refractivity contribution in [3.8, 4) is 17.2 Å². The second-order valence-corrected chi connectivity index (χ2v) is 8.72. The van der Waals surface area contributed by atoms with E-state index >= 15 is 0 Å². The van der Waals surface area contributed by atoms with E-state index in [9.17, 15) is 23.2 Å². The third-order valence-corrected chi connectivity index (χ3v) is 6.41. The Hall–Kier alpha value is -1.98. The average Bonchev–Trinajstić information content (AvgIpc) is 2.63. The Labute approximate surface area is 162 Å². The van der Waals surface area contributed by atoms with Gasteiger partial charge in [0.15, 0.2) is 0 Å². The Morgan fingerprint density at radius 1 is 1.11 bits per heavy atom. The second kappa shape index (κ2) is 7.95. The van der Waals surface area contributed by atoms with Crippen molar-refractivity contribution in [3.05, 3.63) is 52.8 Å². The van der Waals surface area contributed by atoms with Gasteiger partial charge >= 0.3 is 0 Å². The lowest BCUT2D eigenvalue weighted by atomic mass is 9.94. The Morgan fingerprint density at radius 3 is 2.41 bits per heavy atom. The minimum absolute atomic E-state index is 0.128. The molecule has 1 fully saturated rings. The highest BCUT2D eigenvalue weighted by Gasteiger charge is 2.25. The molecule has 2 N–H and O–H groups in total. The van der Waals surface area contributed by atoms with Crippen molar-refractivity contribution in [2.45, 2.75) is 42.7 Å². The van der Waals surface area contributed by atoms with Crippen LogP contribution in [0.3, 0.4) is 0 Å². The van der Waals surface area contributed by atoms with E-state index < -0.39 is 21.9 Å². The highest BCUT2D eigenvalue weighted by molar-refractivity contribution is 7.89. The van der Waals surface area contributed by atoms with Crippen LogP contribution < -0.4 is 4.72 Å². The van der Waals surface area contributed by atoms with Crippen molar-refractivity contribution < 1.29 is 17.9 Å². The molecule has 0 bridgehead atoms. The number of nitriles is 1. The van der Waals surface area contributed by atoms with Crippen LogP contribution in [0.2, 0.25) is 5.02 Å². The number of aliphatic hydroxyl groups is 1. The summed E-state index contributed by atoms with van der Waals surface area (Å²) in [6.07, 6.45) is 1.76. The maximum absolute atomic E-state index is 14.6. The van der Waals surface area contributed by atoms with Gasteiger partial charge in [0.05, 0.1) is 22.6 Å². The van der Waals surface area contributed by atoms with Crippen molar-refractivity contribution in [2.75, 3.05) is 0 Å². The smallest absolute Gasteiger partial charge is 0.240 e. The lowest BCUT2D eigenvalue weighted by molar-refractivity contribution is 0.120. The second-order valence-electron chi connectivity index (χ2n) is 6.57. The lowest BCUT2D eigenvalue weighted by Crippen LogP contribution is -2.38. The number of halogens is 2. The number of nitrogens with zero attached hydrogens (tertiary/aromatic N) is 1. The molecule has 0 aliphatic heterocycles. The maximum atomic E-state index is 14.6. The van der Waals surface area contributed by atoms with Gasteiger partial charge in [-0.15, -0.1) is 0 Å². The molecule has 0 atom stereocenters. The minimum Gasteiger partial charge on any atom is -0.393 e. The summed E-state index contributed by atoms with van der Waals surface area (Å²) in [6, 6.07) is 9.80. The van der Waals surface area contributed by atoms with E-state index in [1.807, 2.05) is 6.07 Å². The van der Waals surface area contributed by atoms with E-state index in [0.29, 0.717) is 36.3 Å². The van der Waals surface area contributed by atoms with Gasteiger partial charge in [-0.2, -0.15) is 5.26 Å². The van der Waals surface area contributed by atoms with Crippen molar-refractivity contribution in [1.82, 2.24) is 4.72 Å². The molecule has 1 saturated carbocycles. The molecule has 2 aromatic carbocycles. The largest absolute Gasteiger partial charge is 0.393 e. The summed E-state index contributed by atoms with van der Waals surface area (Å²) in [5.41, 5.74) is 0.677. The van der Waals surface area contributed by atoms with Gasteiger partial charge < -0.3 is 5.11 Å². The van der Waals surface area contributed by atoms with E-state index in [4.69, 9.17) is 11.6 Å². The number of hydrogen-bond donors (Lipinski definition) is 2. The highest BCUT2D eigenvalue weighted by atomic mass is 35.5. The van der Waals surface area contributed by atoms with Crippen LogP contribution in [0.4, 0.5) is 4.39 Å². The highest BCUT2D eigenvalue weighted by Crippen LogP contribution is 2.30. The average molecular weight is 409 g/mol. The van der Waals surface area contributed by atoms with Gasteiger partial charge in [0.2, 0.25) is 10.0 Å². The van der Waals surface area contributed by atoms with Gasteiger partial charge in [0.1, 0.15) is 5.82 Å². The number of hydrogen-bond acceptors (Lipinski definition) is 4. The van der Waals surface area contributed by atoms with Gasteiger partial charge in [-0.25, -0.2) is 17.5 Å². The topological polar surface area (TPSA) is 90.2 Å². The van der Waals surface area contributed by atoms with E-state index in [0.717, 1.165) is 6.07 Å². The molecule has 0 radical (unpaired) electrons. The maximum Gasteiger partial charge on any atom is 0.240 e. The molecular formula is C19H18ClFN2O3S. The Bertz CT molecular complexity index is 996. The van der Waals surface area contributed by atoms with Crippen molar-refractivity contribution in [3.63, 3.8) is 0 Å². The predicted molar refractivity (Wildman–Crippen MR) is 100 cm³/mol. The van der Waals surface area contributed by atoms with E-state index in [-0.39, 0.29) is 22.1 Å². The van der Waals surface area contributed by atoms with Gasteiger partial charge in [-0.3, -0.25) is 0 Å². The number of nitrogens with one attached hydrogen (secondary N) is 1. The van der Waals surface area contributed by atoms with Gasteiger partial charge in [-0.05, 0) is 49.9 Å². The zero-order valence-corrected chi connectivity index (χ0v) is 15.9. The first-order chi connectivity index (χ1) is 12.8. The van der Waals surface area contributed by atoms with E-state index in [2.05, 4.69) is 4.72 Å². The minimum atomic E-state index is -3.88. The molecule has 2 aromatic rings. The van der Waals surface area contributed by atoms with Crippen LogP contribution in [0.15, 0.2) is 41.3 Å². The standard InChI is InChI=1S/C19H18ClFN2O3S/c20-13-1-7-17(12(9-13)11-22)18-8-6-16(10-19(18)21)27(25,26)23-14-2-4-15(24)5-3-14/h1,6-10,14-15,23-24H,2-5H2. The number of benzene rings is 2. The number of sulfonamides is 1. The lowest BCUT2D eigenvalue weighted by Gasteiger charge is -2.26. The fourth-order valence-corrected chi connectivity index (χ4v) is 4.69. The van der Waals surface area contributed by atoms with Gasteiger partial charge in [0.25, 0.3) is 0 Å². The molecule has 0 amide bonds. The van der Waals surface area contributed by atoms with Crippen LogP contribution in [0.5, 0.6) is 0 Å². The molecule has 0 unspecified atom stereocenters. The van der Waals surface area contributed by atoms with Crippen LogP contribution in [0, 0.1) is 17.1 Å². The van der Waals surface area contributed by atoms with Crippen LogP contribution in [0.25, 0.3) is 11.1 Å². The molecule has 0 spiro atoms. The van der Waals surface area contributed by atoms with Crippen LogP contribution >= 0.6 is 11.6 Å². The molecule has 5 nitrogen and oxygen atoms in total. The summed E-state index contributed by atoms with van der Waals surface area (Å²) in [4.78, 5) is -0.178. The molecule has 1 aliphatic rings. The summed E-state index contributed by atoms with van der Waals surface area (Å²) in [5.74, 6) is -0.740. The van der Waals surface area contributed by atoms with Crippen molar-refractivity contribution in [2.24, 2.45) is 0 Å². The summed E-state index contributed by atoms with van der Waals surface area (Å²) in [6.45, 7) is 0. The zero-order chi connectivity index (χ0) is 19.6. The summed E-state index contributed by atoms with van der Waals surface area (Å²) < 4.78 is 42.3. The molecule has 0 aromatic heterocycles. The van der Waals surface area contributed by atoms with E-state index in [1.54, 1.807) is 6.07 Å². The molecule has 27 heavy (non-hydrogen) atoms. The van der Waals surface area contributed by atoms with Crippen LogP contribution in [-0.4, -0.2) is 25.7 Å². The Kier molecular flexibility index (Phi) is 5.82. The SMILES string of the molecule is N#Cc1cc(Cl)ccc1-c1ccc(S(=O)(=O)NC2CCC(O)CC2)cc1F. The third kappa shape index (κ3) is 4.47. The molecule has 142 valence electrons. The predicted octanol–water partition coefficient (Wildman–Crippen LogP) is 3.60. The van der Waals surface area contributed by atoms with Crippen molar-refractivity contribution >= 4 is 21.6 Å². The van der Waals surface area contributed by atoms with Crippen LogP contribution in [-0.2, 0) is 10.0 Å². The van der Waals surface area contributed by atoms with E-state index in [1.165, 1.54) is 24.3 Å². The molecular weight excluding hydrogens is 391 g/mol. The Morgan fingerprint density at radius 2 is 1.78 bits per heavy atom. The number of rotatable bonds is 4. The van der Waals surface area contributed by atoms with Gasteiger partial charge in [-0.1, -0.05) is 23.7 Å². The van der Waals surface area contributed by atoms with Crippen molar-refractivity contribution in [1.29, 1.82) is 5.26 Å². The quantitative estimate of drug-likeness (QED) is 0.808. The Balaban J connectivity index is 1.87. The summed E-state index contributed by atoms with van der Waals surface area (Å²) in [7, 11) is -3.88. The number of aliphatic hydroxyl groups excluding tert-OH is 1. The molecule has 0 heterocycles. The first-order valence-electron chi connectivity index (χ1n) is 8.50. The van der Waals surface area contributed by atoms with Crippen LogP contribution in [0.1, 0.15) is 31.2 Å². The summed E-state index contributed by atoms with van der Waals surface area (Å²) >= 11 is 5.86. The molecule has 1 aliphatic carbocycles. The fourth-order valence-electron chi connectivity index (χ4n) is 3.21. The summed E-state index contributed by atoms with van der Waals surface area (Å²) in [5, 5.41) is 19.1. The first kappa shape index (κ1) is 19.8. The normalized spacial score (nSPS) is 20.2. The monoisotopic (exact) mass is 408 g/mol. The molecule has 3 rings (SSSR count). The fraction of sp³-hybridized carbons (Fsp3) is 0.316. The molecule has 0 saturated heterocycles. The van der Waals surface area contributed by atoms with Gasteiger partial charge in [0, 0.05) is 22.2 Å². The zero-order valence-electron chi connectivity index (χ0n) is 14.3. The third-order valence-electron chi connectivity index (χ3n) is 4.66. The first-order valence-corrected chi connectivity index (χ1v) is 10.4. The molecule has 8 heteroatoms.